The van der Waals surface area contributed by atoms with Crippen molar-refractivity contribution in [3.63, 3.8) is 0 Å². The van der Waals surface area contributed by atoms with E-state index in [9.17, 15) is 0 Å². The van der Waals surface area contributed by atoms with Crippen molar-refractivity contribution in [3.8, 4) is 6.07 Å². The van der Waals surface area contributed by atoms with Gasteiger partial charge in [-0.15, -0.1) is 0 Å². The van der Waals surface area contributed by atoms with E-state index in [1.807, 2.05) is 6.92 Å². The van der Waals surface area contributed by atoms with Gasteiger partial charge in [0.15, 0.2) is 0 Å². The fourth-order valence-corrected chi connectivity index (χ4v) is 2.61. The highest BCUT2D eigenvalue weighted by Crippen LogP contribution is 2.30. The molecule has 68 valence electrons. The van der Waals surface area contributed by atoms with Crippen LogP contribution in [0.4, 0.5) is 0 Å². The summed E-state index contributed by atoms with van der Waals surface area (Å²) in [7, 11) is 0. The van der Waals surface area contributed by atoms with Crippen molar-refractivity contribution in [3.05, 3.63) is 21.1 Å². The van der Waals surface area contributed by atoms with Gasteiger partial charge in [0, 0.05) is 12.0 Å². The second-order valence-electron chi connectivity index (χ2n) is 2.63. The SMILES string of the molecule is CC(CC#N)c1c(Br)ncnc1Br. The predicted molar refractivity (Wildman–Crippen MR) is 56.1 cm³/mol. The molecule has 0 aliphatic rings. The summed E-state index contributed by atoms with van der Waals surface area (Å²) < 4.78 is 1.49. The van der Waals surface area contributed by atoms with Gasteiger partial charge < -0.3 is 0 Å². The van der Waals surface area contributed by atoms with E-state index in [2.05, 4.69) is 47.9 Å². The monoisotopic (exact) mass is 303 g/mol. The van der Waals surface area contributed by atoms with Crippen LogP contribution in [0.15, 0.2) is 15.5 Å². The second-order valence-corrected chi connectivity index (χ2v) is 4.13. The highest BCUT2D eigenvalue weighted by molar-refractivity contribution is 9.11. The van der Waals surface area contributed by atoms with Gasteiger partial charge in [-0.1, -0.05) is 6.92 Å². The molecule has 1 aromatic heterocycles. The first kappa shape index (κ1) is 10.6. The Hall–Kier alpha value is -0.470. The van der Waals surface area contributed by atoms with Crippen LogP contribution in [0.1, 0.15) is 24.8 Å². The minimum absolute atomic E-state index is 0.134. The molecule has 0 N–H and O–H groups in total. The molecule has 0 aromatic carbocycles. The van der Waals surface area contributed by atoms with Gasteiger partial charge in [0.2, 0.25) is 0 Å². The van der Waals surface area contributed by atoms with E-state index < -0.39 is 0 Å². The van der Waals surface area contributed by atoms with Crippen LogP contribution in [0.3, 0.4) is 0 Å². The Morgan fingerprint density at radius 2 is 2.00 bits per heavy atom. The number of hydrogen-bond donors (Lipinski definition) is 0. The summed E-state index contributed by atoms with van der Waals surface area (Å²) >= 11 is 6.65. The normalized spacial score (nSPS) is 12.2. The van der Waals surface area contributed by atoms with E-state index >= 15 is 0 Å². The Bertz CT molecular complexity index is 325. The molecule has 1 heterocycles. The molecule has 1 unspecified atom stereocenters. The lowest BCUT2D eigenvalue weighted by molar-refractivity contribution is 0.761. The summed E-state index contributed by atoms with van der Waals surface area (Å²) in [4.78, 5) is 8.02. The Morgan fingerprint density at radius 3 is 2.46 bits per heavy atom. The number of halogens is 2. The number of rotatable bonds is 2. The molecule has 13 heavy (non-hydrogen) atoms. The van der Waals surface area contributed by atoms with Gasteiger partial charge in [0.25, 0.3) is 0 Å². The maximum atomic E-state index is 8.56. The first-order valence-corrected chi connectivity index (χ1v) is 5.28. The maximum absolute atomic E-state index is 8.56. The third kappa shape index (κ3) is 2.48. The fraction of sp³-hybridized carbons (Fsp3) is 0.375. The van der Waals surface area contributed by atoms with E-state index in [1.54, 1.807) is 0 Å². The lowest BCUT2D eigenvalue weighted by atomic mass is 10.0. The van der Waals surface area contributed by atoms with Crippen molar-refractivity contribution in [1.82, 2.24) is 9.97 Å². The third-order valence-corrected chi connectivity index (χ3v) is 2.94. The van der Waals surface area contributed by atoms with Gasteiger partial charge in [-0.05, 0) is 37.8 Å². The van der Waals surface area contributed by atoms with Crippen molar-refractivity contribution < 1.29 is 0 Å². The smallest absolute Gasteiger partial charge is 0.118 e. The minimum Gasteiger partial charge on any atom is -0.229 e. The zero-order chi connectivity index (χ0) is 9.84. The molecule has 0 radical (unpaired) electrons. The molecule has 1 aromatic rings. The Balaban J connectivity index is 3.06. The van der Waals surface area contributed by atoms with Crippen molar-refractivity contribution in [2.24, 2.45) is 0 Å². The molecule has 0 saturated heterocycles. The molecule has 0 aliphatic heterocycles. The van der Waals surface area contributed by atoms with E-state index in [0.29, 0.717) is 6.42 Å². The molecule has 5 heteroatoms. The first-order chi connectivity index (χ1) is 6.16. The molecule has 1 atom stereocenters. The third-order valence-electron chi connectivity index (χ3n) is 1.68. The van der Waals surface area contributed by atoms with Crippen LogP contribution < -0.4 is 0 Å². The summed E-state index contributed by atoms with van der Waals surface area (Å²) in [6.07, 6.45) is 1.93. The van der Waals surface area contributed by atoms with Crippen molar-refractivity contribution >= 4 is 31.9 Å². The number of nitrogens with zero attached hydrogens (tertiary/aromatic N) is 3. The van der Waals surface area contributed by atoms with Gasteiger partial charge in [0.1, 0.15) is 15.5 Å². The van der Waals surface area contributed by atoms with Gasteiger partial charge in [-0.2, -0.15) is 5.26 Å². The molecule has 0 aliphatic carbocycles. The number of nitriles is 1. The van der Waals surface area contributed by atoms with Gasteiger partial charge in [0.05, 0.1) is 6.07 Å². The largest absolute Gasteiger partial charge is 0.229 e. The van der Waals surface area contributed by atoms with Crippen LogP contribution in [0.5, 0.6) is 0 Å². The lowest BCUT2D eigenvalue weighted by Crippen LogP contribution is -1.98. The molecule has 0 fully saturated rings. The van der Waals surface area contributed by atoms with E-state index in [4.69, 9.17) is 5.26 Å². The highest BCUT2D eigenvalue weighted by Gasteiger charge is 2.14. The minimum atomic E-state index is 0.134. The highest BCUT2D eigenvalue weighted by atomic mass is 79.9. The van der Waals surface area contributed by atoms with Crippen molar-refractivity contribution in [2.75, 3.05) is 0 Å². The van der Waals surface area contributed by atoms with E-state index in [-0.39, 0.29) is 5.92 Å². The summed E-state index contributed by atoms with van der Waals surface area (Å²) in [5.74, 6) is 0.134. The van der Waals surface area contributed by atoms with E-state index in [0.717, 1.165) is 14.8 Å². The number of hydrogen-bond acceptors (Lipinski definition) is 3. The second kappa shape index (κ2) is 4.68. The average molecular weight is 305 g/mol. The molecule has 0 amide bonds. The zero-order valence-corrected chi connectivity index (χ0v) is 10.1. The molecule has 0 spiro atoms. The molecule has 1 rings (SSSR count). The van der Waals surface area contributed by atoms with Crippen LogP contribution in [-0.4, -0.2) is 9.97 Å². The molecule has 3 nitrogen and oxygen atoms in total. The van der Waals surface area contributed by atoms with Crippen molar-refractivity contribution in [2.45, 2.75) is 19.3 Å². The standard InChI is InChI=1S/C8H7Br2N3/c1-5(2-3-11)6-7(9)12-4-13-8(6)10/h4-5H,2H2,1H3. The predicted octanol–water partition coefficient (Wildman–Crippen LogP) is 3.02. The summed E-state index contributed by atoms with van der Waals surface area (Å²) in [5.41, 5.74) is 0.948. The Labute approximate surface area is 93.5 Å². The molecular formula is C8H7Br2N3. The summed E-state index contributed by atoms with van der Waals surface area (Å²) in [6.45, 7) is 1.97. The topological polar surface area (TPSA) is 49.6 Å². The Kier molecular flexibility index (Phi) is 3.82. The van der Waals surface area contributed by atoms with Gasteiger partial charge in [-0.3, -0.25) is 0 Å². The summed E-state index contributed by atoms with van der Waals surface area (Å²) in [6, 6.07) is 2.12. The van der Waals surface area contributed by atoms with Gasteiger partial charge >= 0.3 is 0 Å². The average Bonchev–Trinajstić information content (AvgIpc) is 2.04. The maximum Gasteiger partial charge on any atom is 0.118 e. The van der Waals surface area contributed by atoms with Gasteiger partial charge in [-0.25, -0.2) is 9.97 Å². The first-order valence-electron chi connectivity index (χ1n) is 3.69. The van der Waals surface area contributed by atoms with Crippen LogP contribution in [0.25, 0.3) is 0 Å². The fourth-order valence-electron chi connectivity index (χ4n) is 1.00. The quantitative estimate of drug-likeness (QED) is 0.789. The lowest BCUT2D eigenvalue weighted by Gasteiger charge is -2.09. The molecule has 0 bridgehead atoms. The zero-order valence-electron chi connectivity index (χ0n) is 6.96. The van der Waals surface area contributed by atoms with Crippen LogP contribution in [0.2, 0.25) is 0 Å². The van der Waals surface area contributed by atoms with Crippen molar-refractivity contribution in [1.29, 1.82) is 5.26 Å². The molecule has 0 saturated carbocycles. The van der Waals surface area contributed by atoms with E-state index in [1.165, 1.54) is 6.33 Å². The van der Waals surface area contributed by atoms with Crippen LogP contribution in [-0.2, 0) is 0 Å². The van der Waals surface area contributed by atoms with Crippen LogP contribution >= 0.6 is 31.9 Å². The molecular weight excluding hydrogens is 298 g/mol. The Morgan fingerprint density at radius 1 is 1.46 bits per heavy atom. The summed E-state index contributed by atoms with van der Waals surface area (Å²) in [5, 5.41) is 8.56. The number of aromatic nitrogens is 2. The van der Waals surface area contributed by atoms with Crippen LogP contribution in [0, 0.1) is 11.3 Å².